The second kappa shape index (κ2) is 11.3. The number of β-lactam (4-membered cyclic amide) rings is 1. The Labute approximate surface area is 230 Å². The van der Waals surface area contributed by atoms with Gasteiger partial charge in [0, 0.05) is 42.3 Å². The first-order valence-electron chi connectivity index (χ1n) is 10.7. The Hall–Kier alpha value is -2.85. The zero-order valence-electron chi connectivity index (χ0n) is 18.9. The average Bonchev–Trinajstić information content (AvgIpc) is 3.41. The number of halogens is 2. The van der Waals surface area contributed by atoms with Crippen LogP contribution in [0.15, 0.2) is 33.0 Å². The molecular formula is C20H23Cl2N7O6S2. The number of carbonyl (C=O) groups is 4. The van der Waals surface area contributed by atoms with Crippen molar-refractivity contribution in [3.63, 3.8) is 0 Å². The number of oxime groups is 1. The second-order valence-electron chi connectivity index (χ2n) is 8.27. The molecule has 0 spiro atoms. The number of rotatable bonds is 6. The summed E-state index contributed by atoms with van der Waals surface area (Å²) in [4.78, 5) is 55.6. The van der Waals surface area contributed by atoms with Crippen molar-refractivity contribution in [2.45, 2.75) is 17.8 Å². The quantitative estimate of drug-likeness (QED) is 0.0825. The molecule has 0 bridgehead atoms. The molecule has 3 fully saturated rings. The molecule has 0 unspecified atom stereocenters. The molecule has 0 aromatic carbocycles. The highest BCUT2D eigenvalue weighted by molar-refractivity contribution is 8.00. The molecule has 3 amide bonds. The predicted octanol–water partition coefficient (Wildman–Crippen LogP) is -0.478. The minimum Gasteiger partial charge on any atom is -0.477 e. The molecule has 37 heavy (non-hydrogen) atoms. The Kier molecular flexibility index (Phi) is 8.74. The van der Waals surface area contributed by atoms with Crippen LogP contribution < -0.4 is 21.7 Å². The van der Waals surface area contributed by atoms with E-state index in [2.05, 4.69) is 26.1 Å². The first-order valence-corrected chi connectivity index (χ1v) is 12.6. The topological polar surface area (TPSA) is 199 Å². The third-order valence-corrected chi connectivity index (χ3v) is 8.27. The molecule has 0 saturated carbocycles. The lowest BCUT2D eigenvalue weighted by molar-refractivity contribution is -0.150. The fraction of sp³-hybridized carbons (Fsp3) is 0.400. The van der Waals surface area contributed by atoms with Crippen molar-refractivity contribution in [3.05, 3.63) is 33.5 Å². The SMILES string of the molecule is Cl.Cl.Nc1nc(C(=NO)C(=O)N[C@@H]2C(=O)N3C(C(=O)O)=C(C(=C4CCNC4=O)C4CNC4)CS[C@H]23)cs1. The number of nitrogens with two attached hydrogens (primary N) is 1. The van der Waals surface area contributed by atoms with Crippen molar-refractivity contribution in [3.8, 4) is 0 Å². The van der Waals surface area contributed by atoms with Crippen LogP contribution in [0.5, 0.6) is 0 Å². The number of nitrogen functional groups attached to an aromatic ring is 1. The van der Waals surface area contributed by atoms with Crippen LogP contribution in [-0.2, 0) is 19.2 Å². The maximum Gasteiger partial charge on any atom is 0.352 e. The molecule has 1 aromatic heterocycles. The molecule has 0 radical (unpaired) electrons. The number of aliphatic carboxylic acids is 1. The summed E-state index contributed by atoms with van der Waals surface area (Å²) in [5.74, 6) is -2.69. The third kappa shape index (κ3) is 4.88. The van der Waals surface area contributed by atoms with Gasteiger partial charge >= 0.3 is 5.97 Å². The number of hydrogen-bond acceptors (Lipinski definition) is 11. The van der Waals surface area contributed by atoms with E-state index in [1.807, 2.05) is 0 Å². The zero-order chi connectivity index (χ0) is 24.9. The number of hydrogen-bond donors (Lipinski definition) is 6. The van der Waals surface area contributed by atoms with Crippen molar-refractivity contribution >= 4 is 82.4 Å². The molecule has 1 aromatic rings. The minimum atomic E-state index is -1.28. The van der Waals surface area contributed by atoms with Crippen LogP contribution in [0.4, 0.5) is 5.13 Å². The largest absolute Gasteiger partial charge is 0.477 e. The number of anilines is 1. The lowest BCUT2D eigenvalue weighted by atomic mass is 9.82. The van der Waals surface area contributed by atoms with Crippen LogP contribution in [0.1, 0.15) is 12.1 Å². The fourth-order valence-corrected chi connectivity index (χ4v) is 6.50. The van der Waals surface area contributed by atoms with Crippen molar-refractivity contribution in [1.29, 1.82) is 0 Å². The third-order valence-electron chi connectivity index (χ3n) is 6.31. The van der Waals surface area contributed by atoms with E-state index < -0.39 is 34.9 Å². The Bertz CT molecular complexity index is 1250. The second-order valence-corrected chi connectivity index (χ2v) is 10.3. The van der Waals surface area contributed by atoms with Crippen molar-refractivity contribution in [2.24, 2.45) is 11.1 Å². The van der Waals surface area contributed by atoms with Gasteiger partial charge in [-0.25, -0.2) is 9.78 Å². The Morgan fingerprint density at radius 2 is 2.00 bits per heavy atom. The van der Waals surface area contributed by atoms with Crippen molar-refractivity contribution in [1.82, 2.24) is 25.8 Å². The molecule has 4 aliphatic rings. The van der Waals surface area contributed by atoms with Crippen molar-refractivity contribution in [2.75, 3.05) is 31.1 Å². The van der Waals surface area contributed by atoms with Gasteiger partial charge in [-0.1, -0.05) is 5.16 Å². The monoisotopic (exact) mass is 591 g/mol. The van der Waals surface area contributed by atoms with Gasteiger partial charge in [-0.2, -0.15) is 0 Å². The van der Waals surface area contributed by atoms with Crippen molar-refractivity contribution < 1.29 is 29.5 Å². The maximum absolute atomic E-state index is 13.1. The number of nitrogens with zero attached hydrogens (tertiary/aromatic N) is 3. The van der Waals surface area contributed by atoms with Crippen LogP contribution in [0.2, 0.25) is 0 Å². The average molecular weight is 592 g/mol. The number of carboxylic acids is 1. The molecule has 5 heterocycles. The molecule has 2 atom stereocenters. The summed E-state index contributed by atoms with van der Waals surface area (Å²) in [6.07, 6.45) is 0.492. The van der Waals surface area contributed by atoms with E-state index in [0.29, 0.717) is 42.8 Å². The standard InChI is InChI=1S/C20H21N7O6S2.2ClH/c21-20-24-10(6-35-20)12(26-33)16(29)25-13-17(30)27-14(19(31)32)9(5-34-18(13)27)11(7-3-22-4-7)8-1-2-23-15(8)28;;/h6-7,13,18,22,33H,1-5H2,(H2,21,24)(H,23,28)(H,25,29)(H,31,32);2*1H/t13-,18-;;/m1../s1. The molecule has 7 N–H and O–H groups in total. The van der Waals surface area contributed by atoms with Gasteiger partial charge in [-0.05, 0) is 17.6 Å². The van der Waals surface area contributed by atoms with Crippen LogP contribution in [0.3, 0.4) is 0 Å². The van der Waals surface area contributed by atoms with Gasteiger partial charge in [0.2, 0.25) is 5.91 Å². The Morgan fingerprint density at radius 1 is 1.27 bits per heavy atom. The molecular weight excluding hydrogens is 569 g/mol. The van der Waals surface area contributed by atoms with E-state index in [4.69, 9.17) is 5.73 Å². The van der Waals surface area contributed by atoms with E-state index in [-0.39, 0.29) is 58.9 Å². The summed E-state index contributed by atoms with van der Waals surface area (Å²) in [5.41, 5.74) is 6.78. The zero-order valence-corrected chi connectivity index (χ0v) is 22.2. The van der Waals surface area contributed by atoms with E-state index in [1.165, 1.54) is 17.1 Å². The highest BCUT2D eigenvalue weighted by Gasteiger charge is 2.55. The van der Waals surface area contributed by atoms with Crippen LogP contribution in [-0.4, -0.2) is 86.4 Å². The van der Waals surface area contributed by atoms with E-state index in [1.54, 1.807) is 0 Å². The smallest absolute Gasteiger partial charge is 0.352 e. The van der Waals surface area contributed by atoms with Gasteiger partial charge in [-0.15, -0.1) is 47.9 Å². The van der Waals surface area contributed by atoms with E-state index in [0.717, 1.165) is 16.2 Å². The number of thiazole rings is 1. The van der Waals surface area contributed by atoms with E-state index in [9.17, 15) is 29.5 Å². The molecule has 5 rings (SSSR count). The van der Waals surface area contributed by atoms with Crippen LogP contribution >= 0.6 is 47.9 Å². The van der Waals surface area contributed by atoms with Gasteiger partial charge in [0.1, 0.15) is 22.8 Å². The number of amides is 3. The lowest BCUT2D eigenvalue weighted by Gasteiger charge is -2.50. The molecule has 13 nitrogen and oxygen atoms in total. The first-order chi connectivity index (χ1) is 16.8. The summed E-state index contributed by atoms with van der Waals surface area (Å²) in [7, 11) is 0. The highest BCUT2D eigenvalue weighted by atomic mass is 35.5. The van der Waals surface area contributed by atoms with Crippen LogP contribution in [0, 0.1) is 5.92 Å². The van der Waals surface area contributed by atoms with E-state index >= 15 is 0 Å². The van der Waals surface area contributed by atoms with Gasteiger partial charge in [0.25, 0.3) is 11.8 Å². The number of carbonyl (C=O) groups excluding carboxylic acids is 3. The van der Waals surface area contributed by atoms with Gasteiger partial charge in [-0.3, -0.25) is 19.3 Å². The normalized spacial score (nSPS) is 24.6. The van der Waals surface area contributed by atoms with Gasteiger partial charge in [0.05, 0.1) is 0 Å². The highest BCUT2D eigenvalue weighted by Crippen LogP contribution is 2.45. The molecule has 3 saturated heterocycles. The fourth-order valence-electron chi connectivity index (χ4n) is 4.59. The predicted molar refractivity (Wildman–Crippen MR) is 140 cm³/mol. The summed E-state index contributed by atoms with van der Waals surface area (Å²) in [6, 6.07) is -1.02. The molecule has 4 aliphatic heterocycles. The summed E-state index contributed by atoms with van der Waals surface area (Å²) < 4.78 is 0. The number of thioether (sulfide) groups is 1. The number of fused-ring (bicyclic) bond motifs is 1. The van der Waals surface area contributed by atoms with Crippen LogP contribution in [0.25, 0.3) is 0 Å². The molecule has 0 aliphatic carbocycles. The number of nitrogens with one attached hydrogen (secondary N) is 3. The van der Waals surface area contributed by atoms with Gasteiger partial charge in [0.15, 0.2) is 10.8 Å². The summed E-state index contributed by atoms with van der Waals surface area (Å²) >= 11 is 2.36. The Morgan fingerprint density at radius 3 is 2.51 bits per heavy atom. The molecule has 200 valence electrons. The lowest BCUT2D eigenvalue weighted by Crippen LogP contribution is -2.71. The maximum atomic E-state index is 13.1. The minimum absolute atomic E-state index is 0. The molecule has 17 heteroatoms. The Balaban J connectivity index is 0.00000190. The number of carboxylic acid groups (broad SMARTS) is 1. The summed E-state index contributed by atoms with van der Waals surface area (Å²) in [6.45, 7) is 1.72. The van der Waals surface area contributed by atoms with Gasteiger partial charge < -0.3 is 32.0 Å². The first kappa shape index (κ1) is 28.7. The summed E-state index contributed by atoms with van der Waals surface area (Å²) in [5, 5.41) is 31.7. The number of aromatic nitrogens is 1.